The van der Waals surface area contributed by atoms with Crippen LogP contribution in [0.2, 0.25) is 5.02 Å². The fourth-order valence-electron chi connectivity index (χ4n) is 3.13. The van der Waals surface area contributed by atoms with E-state index in [4.69, 9.17) is 26.1 Å². The highest BCUT2D eigenvalue weighted by Crippen LogP contribution is 2.38. The van der Waals surface area contributed by atoms with Gasteiger partial charge in [-0.3, -0.25) is 18.5 Å². The van der Waals surface area contributed by atoms with Crippen molar-refractivity contribution < 1.29 is 33.8 Å². The number of ether oxygens (including phenoxy) is 1. The van der Waals surface area contributed by atoms with Crippen LogP contribution in [0.4, 0.5) is 0 Å². The quantitative estimate of drug-likeness (QED) is 0.402. The molecule has 0 amide bonds. The zero-order valence-corrected chi connectivity index (χ0v) is 17.1. The molecule has 0 saturated carbocycles. The molecule has 1 aliphatic heterocycles. The molecule has 4 N–H and O–H groups in total. The van der Waals surface area contributed by atoms with Crippen molar-refractivity contribution in [1.82, 2.24) is 9.13 Å². The summed E-state index contributed by atoms with van der Waals surface area (Å²) in [6, 6.07) is 8.06. The van der Waals surface area contributed by atoms with Gasteiger partial charge in [0.05, 0.1) is 6.61 Å². The Morgan fingerprint density at radius 1 is 1.17 bits per heavy atom. The Bertz CT molecular complexity index is 1070. The minimum absolute atomic E-state index is 0.0367. The molecule has 0 radical (unpaired) electrons. The molecule has 3 rings (SSSR count). The molecular weight excluding hydrogens is 443 g/mol. The van der Waals surface area contributed by atoms with Crippen molar-refractivity contribution in [1.29, 1.82) is 0 Å². The van der Waals surface area contributed by atoms with E-state index in [1.54, 1.807) is 24.3 Å². The van der Waals surface area contributed by atoms with Crippen molar-refractivity contribution in [3.05, 3.63) is 68.0 Å². The normalized spacial score (nSPS) is 24.3. The number of phosphoric acid groups is 1. The number of halogens is 1. The van der Waals surface area contributed by atoms with E-state index in [1.165, 1.54) is 0 Å². The summed E-state index contributed by atoms with van der Waals surface area (Å²) in [5.41, 5.74) is -0.531. The Kier molecular flexibility index (Phi) is 6.95. The van der Waals surface area contributed by atoms with Crippen molar-refractivity contribution in [3.8, 4) is 0 Å². The zero-order valence-electron chi connectivity index (χ0n) is 15.4. The van der Waals surface area contributed by atoms with E-state index in [9.17, 15) is 24.4 Å². The number of nitrogens with zero attached hydrogens (tertiary/aromatic N) is 2. The zero-order chi connectivity index (χ0) is 22.1. The third-order valence-electron chi connectivity index (χ3n) is 4.63. The second-order valence-electron chi connectivity index (χ2n) is 6.71. The molecule has 0 aliphatic carbocycles. The summed E-state index contributed by atoms with van der Waals surface area (Å²) >= 11 is 5.94. The predicted molar refractivity (Wildman–Crippen MR) is 104 cm³/mol. The third kappa shape index (κ3) is 5.26. The number of aromatic nitrogens is 2. The Labute approximate surface area is 174 Å². The molecular formula is C17H20ClN2O9P. The SMILES string of the molecule is O=c1ccn([C@@H]2O[C@H](COP(=O)(O)O)[C@H](O)C2O)c(=O)n1CCc1cccc(Cl)c1. The van der Waals surface area contributed by atoms with E-state index in [0.717, 1.165) is 27.0 Å². The summed E-state index contributed by atoms with van der Waals surface area (Å²) in [5, 5.41) is 20.8. The van der Waals surface area contributed by atoms with Crippen molar-refractivity contribution in [2.24, 2.45) is 0 Å². The van der Waals surface area contributed by atoms with Gasteiger partial charge in [0.2, 0.25) is 0 Å². The Hall–Kier alpha value is -1.82. The molecule has 4 atom stereocenters. The van der Waals surface area contributed by atoms with Gasteiger partial charge in [0.1, 0.15) is 18.3 Å². The van der Waals surface area contributed by atoms with E-state index < -0.39 is 50.2 Å². The largest absolute Gasteiger partial charge is 0.469 e. The Balaban J connectivity index is 1.81. The molecule has 1 fully saturated rings. The van der Waals surface area contributed by atoms with Crippen molar-refractivity contribution in [2.45, 2.75) is 37.5 Å². The number of rotatable bonds is 7. The van der Waals surface area contributed by atoms with Crippen LogP contribution >= 0.6 is 19.4 Å². The van der Waals surface area contributed by atoms with Gasteiger partial charge in [0, 0.05) is 23.8 Å². The molecule has 2 heterocycles. The number of aliphatic hydroxyl groups excluding tert-OH is 2. The van der Waals surface area contributed by atoms with Gasteiger partial charge in [-0.15, -0.1) is 0 Å². The van der Waals surface area contributed by atoms with Crippen LogP contribution in [0, 0.1) is 0 Å². The molecule has 0 spiro atoms. The monoisotopic (exact) mass is 462 g/mol. The van der Waals surface area contributed by atoms with E-state index in [0.29, 0.717) is 11.4 Å². The van der Waals surface area contributed by atoms with Gasteiger partial charge in [0.15, 0.2) is 6.23 Å². The van der Waals surface area contributed by atoms with E-state index >= 15 is 0 Å². The lowest BCUT2D eigenvalue weighted by Crippen LogP contribution is -2.43. The van der Waals surface area contributed by atoms with Gasteiger partial charge in [-0.1, -0.05) is 23.7 Å². The van der Waals surface area contributed by atoms with Crippen LogP contribution in [0.1, 0.15) is 11.8 Å². The topological polar surface area (TPSA) is 160 Å². The number of phosphoric ester groups is 1. The molecule has 1 aromatic carbocycles. The minimum atomic E-state index is -4.82. The molecule has 1 unspecified atom stereocenters. The first-order chi connectivity index (χ1) is 14.1. The lowest BCUT2D eigenvalue weighted by molar-refractivity contribution is -0.0548. The number of benzene rings is 1. The summed E-state index contributed by atoms with van der Waals surface area (Å²) in [6.07, 6.45) is -4.37. The summed E-state index contributed by atoms with van der Waals surface area (Å²) in [7, 11) is -4.82. The molecule has 2 aromatic rings. The Morgan fingerprint density at radius 2 is 1.90 bits per heavy atom. The second kappa shape index (κ2) is 9.13. The van der Waals surface area contributed by atoms with Crippen LogP contribution in [0.5, 0.6) is 0 Å². The number of aliphatic hydroxyl groups is 2. The highest BCUT2D eigenvalue weighted by atomic mass is 35.5. The van der Waals surface area contributed by atoms with Gasteiger partial charge in [-0.05, 0) is 24.1 Å². The fraction of sp³-hybridized carbons (Fsp3) is 0.412. The van der Waals surface area contributed by atoms with Crippen LogP contribution in [0.15, 0.2) is 46.1 Å². The number of hydrogen-bond donors (Lipinski definition) is 4. The first kappa shape index (κ1) is 22.9. The van der Waals surface area contributed by atoms with Crippen molar-refractivity contribution in [2.75, 3.05) is 6.61 Å². The lowest BCUT2D eigenvalue weighted by atomic mass is 10.1. The van der Waals surface area contributed by atoms with E-state index in [-0.39, 0.29) is 6.54 Å². The third-order valence-corrected chi connectivity index (χ3v) is 5.35. The lowest BCUT2D eigenvalue weighted by Gasteiger charge is -2.18. The van der Waals surface area contributed by atoms with Crippen LogP contribution < -0.4 is 11.2 Å². The maximum atomic E-state index is 12.8. The van der Waals surface area contributed by atoms with Gasteiger partial charge in [-0.25, -0.2) is 9.36 Å². The van der Waals surface area contributed by atoms with Crippen LogP contribution in [0.25, 0.3) is 0 Å². The molecule has 1 aliphatic rings. The summed E-state index contributed by atoms with van der Waals surface area (Å²) in [4.78, 5) is 42.6. The molecule has 11 nitrogen and oxygen atoms in total. The van der Waals surface area contributed by atoms with Crippen molar-refractivity contribution >= 4 is 19.4 Å². The summed E-state index contributed by atoms with van der Waals surface area (Å²) in [6.45, 7) is -0.670. The van der Waals surface area contributed by atoms with E-state index in [1.807, 2.05) is 0 Å². The van der Waals surface area contributed by atoms with Gasteiger partial charge in [0.25, 0.3) is 5.56 Å². The van der Waals surface area contributed by atoms with E-state index in [2.05, 4.69) is 4.52 Å². The first-order valence-electron chi connectivity index (χ1n) is 8.85. The molecule has 164 valence electrons. The fourth-order valence-corrected chi connectivity index (χ4v) is 3.69. The van der Waals surface area contributed by atoms with Gasteiger partial charge < -0.3 is 24.7 Å². The van der Waals surface area contributed by atoms with Crippen molar-refractivity contribution in [3.63, 3.8) is 0 Å². The first-order valence-corrected chi connectivity index (χ1v) is 10.8. The highest BCUT2D eigenvalue weighted by Gasteiger charge is 2.45. The molecule has 0 bridgehead atoms. The summed E-state index contributed by atoms with van der Waals surface area (Å²) in [5.74, 6) is 0. The average Bonchev–Trinajstić information content (AvgIpc) is 2.94. The molecule has 13 heteroatoms. The minimum Gasteiger partial charge on any atom is -0.387 e. The highest BCUT2D eigenvalue weighted by molar-refractivity contribution is 7.46. The molecule has 1 saturated heterocycles. The predicted octanol–water partition coefficient (Wildman–Crippen LogP) is -0.365. The van der Waals surface area contributed by atoms with Crippen LogP contribution in [-0.2, 0) is 26.8 Å². The van der Waals surface area contributed by atoms with Crippen LogP contribution in [-0.4, -0.2) is 54.1 Å². The smallest absolute Gasteiger partial charge is 0.387 e. The molecule has 1 aromatic heterocycles. The Morgan fingerprint density at radius 3 is 2.57 bits per heavy atom. The maximum absolute atomic E-state index is 12.8. The maximum Gasteiger partial charge on any atom is 0.469 e. The second-order valence-corrected chi connectivity index (χ2v) is 8.38. The van der Waals surface area contributed by atoms with Gasteiger partial charge in [-0.2, -0.15) is 0 Å². The average molecular weight is 463 g/mol. The number of aryl methyl sites for hydroxylation is 1. The standard InChI is InChI=1S/C17H20ClN2O9P/c18-11-3-1-2-10(8-11)4-6-19-13(21)5-7-20(17(19)24)16-15(23)14(22)12(29-16)9-28-30(25,26)27/h1-3,5,7-8,12,14-16,22-23H,4,6,9H2,(H2,25,26,27)/t12-,14+,15?,16-/m1/s1. The van der Waals surface area contributed by atoms with Crippen LogP contribution in [0.3, 0.4) is 0 Å². The van der Waals surface area contributed by atoms with Gasteiger partial charge >= 0.3 is 13.5 Å². The molecule has 30 heavy (non-hydrogen) atoms. The summed E-state index contributed by atoms with van der Waals surface area (Å²) < 4.78 is 22.4. The number of hydrogen-bond acceptors (Lipinski definition) is 7.